The van der Waals surface area contributed by atoms with E-state index in [4.69, 9.17) is 4.98 Å². The van der Waals surface area contributed by atoms with Crippen LogP contribution < -0.4 is 9.80 Å². The zero-order valence-electron chi connectivity index (χ0n) is 28.2. The molecule has 0 saturated carbocycles. The molecule has 3 heterocycles. The normalized spacial score (nSPS) is 13.0. The summed E-state index contributed by atoms with van der Waals surface area (Å²) in [5.74, 6) is 1.78. The molecule has 0 saturated heterocycles. The van der Waals surface area contributed by atoms with Crippen LogP contribution in [0.3, 0.4) is 0 Å². The molecular weight excluding hydrogens is 605 g/mol. The van der Waals surface area contributed by atoms with E-state index >= 15 is 0 Å². The zero-order valence-corrected chi connectivity index (χ0v) is 29.0. The average molecular weight is 645 g/mol. The van der Waals surface area contributed by atoms with E-state index in [9.17, 15) is 0 Å². The summed E-state index contributed by atoms with van der Waals surface area (Å²) in [7, 11) is 2.16. The molecule has 1 aliphatic heterocycles. The summed E-state index contributed by atoms with van der Waals surface area (Å²) in [5.41, 5.74) is 11.4. The van der Waals surface area contributed by atoms with Gasteiger partial charge < -0.3 is 9.80 Å². The summed E-state index contributed by atoms with van der Waals surface area (Å²) in [6.45, 7) is 9.99. The summed E-state index contributed by atoms with van der Waals surface area (Å²) >= 11 is 1.81. The van der Waals surface area contributed by atoms with E-state index in [0.29, 0.717) is 11.8 Å². The van der Waals surface area contributed by atoms with Crippen molar-refractivity contribution < 1.29 is 0 Å². The van der Waals surface area contributed by atoms with Gasteiger partial charge in [-0.25, -0.2) is 4.98 Å². The first kappa shape index (κ1) is 30.3. The second kappa shape index (κ2) is 12.2. The predicted molar refractivity (Wildman–Crippen MR) is 205 cm³/mol. The standard InChI is InChI=1S/C43H40N4S/c1-28(2)34-15-11-16-35(29(3)4)43(34)30-22-23-44-42(24-30)47-38-17-7-6-14-36(38)37-21-20-33(26-41(37)47)48-32-13-10-12-31(25-32)46-27-45(5)39-18-8-9-19-40(39)46/h6-26,28-29H,27H2,1-5H3. The largest absolute Gasteiger partial charge is 0.355 e. The average Bonchev–Trinajstić information content (AvgIpc) is 3.62. The van der Waals surface area contributed by atoms with Crippen LogP contribution >= 0.6 is 11.8 Å². The molecule has 7 aromatic rings. The Morgan fingerprint density at radius 1 is 0.625 bits per heavy atom. The van der Waals surface area contributed by atoms with E-state index < -0.39 is 0 Å². The minimum atomic E-state index is 0.419. The number of nitrogens with zero attached hydrogens (tertiary/aromatic N) is 4. The van der Waals surface area contributed by atoms with Crippen LogP contribution in [0.15, 0.2) is 137 Å². The lowest BCUT2D eigenvalue weighted by Gasteiger charge is -2.20. The van der Waals surface area contributed by atoms with Gasteiger partial charge in [-0.15, -0.1) is 0 Å². The van der Waals surface area contributed by atoms with Crippen LogP contribution in [-0.2, 0) is 0 Å². The summed E-state index contributed by atoms with van der Waals surface area (Å²) in [6, 6.07) is 44.3. The van der Waals surface area contributed by atoms with Crippen LogP contribution in [0, 0.1) is 0 Å². The van der Waals surface area contributed by atoms with E-state index in [2.05, 4.69) is 170 Å². The molecule has 1 aliphatic rings. The number of aromatic nitrogens is 2. The van der Waals surface area contributed by atoms with Gasteiger partial charge in [0.2, 0.25) is 0 Å². The fourth-order valence-corrected chi connectivity index (χ4v) is 8.20. The lowest BCUT2D eigenvalue weighted by atomic mass is 9.85. The number of hydrogen-bond donors (Lipinski definition) is 0. The molecule has 0 spiro atoms. The quantitative estimate of drug-likeness (QED) is 0.172. The minimum absolute atomic E-state index is 0.419. The summed E-state index contributed by atoms with van der Waals surface area (Å²) in [6.07, 6.45) is 1.98. The van der Waals surface area contributed by atoms with E-state index in [0.717, 1.165) is 12.5 Å². The Bertz CT molecular complexity index is 2270. The Balaban J connectivity index is 1.22. The maximum atomic E-state index is 5.00. The minimum Gasteiger partial charge on any atom is -0.355 e. The van der Waals surface area contributed by atoms with Gasteiger partial charge in [0.1, 0.15) is 5.82 Å². The first-order valence-corrected chi connectivity index (χ1v) is 17.7. The Morgan fingerprint density at radius 3 is 2.10 bits per heavy atom. The van der Waals surface area contributed by atoms with E-state index in [-0.39, 0.29) is 0 Å². The first-order valence-electron chi connectivity index (χ1n) is 16.9. The number of fused-ring (bicyclic) bond motifs is 4. The van der Waals surface area contributed by atoms with Crippen molar-refractivity contribution in [3.05, 3.63) is 139 Å². The number of benzene rings is 5. The molecule has 0 bridgehead atoms. The molecule has 0 radical (unpaired) electrons. The van der Waals surface area contributed by atoms with Crippen LogP contribution in [0.1, 0.15) is 50.7 Å². The summed E-state index contributed by atoms with van der Waals surface area (Å²) in [5, 5.41) is 2.47. The molecule has 2 aromatic heterocycles. The highest BCUT2D eigenvalue weighted by molar-refractivity contribution is 7.99. The highest BCUT2D eigenvalue weighted by Gasteiger charge is 2.24. The Kier molecular flexibility index (Phi) is 7.73. The smallest absolute Gasteiger partial charge is 0.138 e. The molecule has 48 heavy (non-hydrogen) atoms. The van der Waals surface area contributed by atoms with Crippen molar-refractivity contribution in [3.8, 4) is 16.9 Å². The third-order valence-corrected chi connectivity index (χ3v) is 10.6. The number of para-hydroxylation sites is 3. The summed E-state index contributed by atoms with van der Waals surface area (Å²) in [4.78, 5) is 12.1. The number of rotatable bonds is 7. The van der Waals surface area contributed by atoms with Crippen LogP contribution in [0.5, 0.6) is 0 Å². The summed E-state index contributed by atoms with van der Waals surface area (Å²) < 4.78 is 2.35. The Hall–Kier alpha value is -5.00. The molecule has 0 amide bonds. The van der Waals surface area contributed by atoms with Crippen molar-refractivity contribution in [1.82, 2.24) is 9.55 Å². The molecule has 238 valence electrons. The van der Waals surface area contributed by atoms with Gasteiger partial charge >= 0.3 is 0 Å². The molecule has 5 heteroatoms. The fourth-order valence-electron chi connectivity index (χ4n) is 7.29. The van der Waals surface area contributed by atoms with E-state index in [1.165, 1.54) is 70.9 Å². The SMILES string of the molecule is CC(C)c1cccc(C(C)C)c1-c1ccnc(-n2c3ccccc3c3ccc(Sc4cccc(N5CN(C)c6ccccc65)c4)cc32)c1. The Morgan fingerprint density at radius 2 is 1.31 bits per heavy atom. The molecule has 0 N–H and O–H groups in total. The number of hydrogen-bond acceptors (Lipinski definition) is 4. The van der Waals surface area contributed by atoms with Gasteiger partial charge in [0, 0.05) is 39.5 Å². The molecule has 0 fully saturated rings. The number of pyridine rings is 1. The molecule has 0 aliphatic carbocycles. The van der Waals surface area contributed by atoms with Crippen LogP contribution in [0.2, 0.25) is 0 Å². The van der Waals surface area contributed by atoms with Gasteiger partial charge in [0.15, 0.2) is 0 Å². The second-order valence-electron chi connectivity index (χ2n) is 13.4. The molecule has 0 atom stereocenters. The maximum Gasteiger partial charge on any atom is 0.138 e. The predicted octanol–water partition coefficient (Wildman–Crippen LogP) is 11.8. The third kappa shape index (κ3) is 5.23. The van der Waals surface area contributed by atoms with Gasteiger partial charge in [-0.1, -0.05) is 100 Å². The second-order valence-corrected chi connectivity index (χ2v) is 14.6. The van der Waals surface area contributed by atoms with Crippen LogP contribution in [-0.4, -0.2) is 23.3 Å². The lowest BCUT2D eigenvalue weighted by molar-refractivity contribution is 0.838. The van der Waals surface area contributed by atoms with Crippen LogP contribution in [0.25, 0.3) is 38.8 Å². The van der Waals surface area contributed by atoms with Crippen molar-refractivity contribution in [2.75, 3.05) is 23.5 Å². The lowest BCUT2D eigenvalue weighted by Crippen LogP contribution is -2.23. The maximum absolute atomic E-state index is 5.00. The highest BCUT2D eigenvalue weighted by Crippen LogP contribution is 2.42. The molecule has 4 nitrogen and oxygen atoms in total. The van der Waals surface area contributed by atoms with Gasteiger partial charge in [-0.3, -0.25) is 4.57 Å². The van der Waals surface area contributed by atoms with Crippen molar-refractivity contribution in [3.63, 3.8) is 0 Å². The van der Waals surface area contributed by atoms with Gasteiger partial charge in [0.05, 0.1) is 29.1 Å². The van der Waals surface area contributed by atoms with Crippen molar-refractivity contribution >= 4 is 50.6 Å². The van der Waals surface area contributed by atoms with E-state index in [1.807, 2.05) is 18.0 Å². The molecule has 8 rings (SSSR count). The van der Waals surface area contributed by atoms with Crippen LogP contribution in [0.4, 0.5) is 17.1 Å². The Labute approximate surface area is 287 Å². The zero-order chi connectivity index (χ0) is 32.9. The fraction of sp³-hybridized carbons (Fsp3) is 0.186. The van der Waals surface area contributed by atoms with Gasteiger partial charge in [-0.2, -0.15) is 0 Å². The van der Waals surface area contributed by atoms with Crippen molar-refractivity contribution in [2.45, 2.75) is 49.3 Å². The van der Waals surface area contributed by atoms with Gasteiger partial charge in [0.25, 0.3) is 0 Å². The third-order valence-electron chi connectivity index (χ3n) is 9.58. The first-order chi connectivity index (χ1) is 23.4. The molecular formula is C43H40N4S. The molecule has 0 unspecified atom stereocenters. The van der Waals surface area contributed by atoms with Crippen molar-refractivity contribution in [2.24, 2.45) is 0 Å². The molecule has 5 aromatic carbocycles. The highest BCUT2D eigenvalue weighted by atomic mass is 32.2. The topological polar surface area (TPSA) is 24.3 Å². The number of anilines is 3. The van der Waals surface area contributed by atoms with Crippen molar-refractivity contribution in [1.29, 1.82) is 0 Å². The van der Waals surface area contributed by atoms with E-state index in [1.54, 1.807) is 0 Å². The monoisotopic (exact) mass is 644 g/mol. The van der Waals surface area contributed by atoms with Gasteiger partial charge in [-0.05, 0) is 94.8 Å².